The van der Waals surface area contributed by atoms with Crippen LogP contribution in [0.2, 0.25) is 0 Å². The van der Waals surface area contributed by atoms with Gasteiger partial charge in [-0.2, -0.15) is 4.31 Å². The number of nitrogens with zero attached hydrogens (tertiary/aromatic N) is 1. The van der Waals surface area contributed by atoms with Gasteiger partial charge < -0.3 is 15.4 Å². The van der Waals surface area contributed by atoms with E-state index in [4.69, 9.17) is 4.74 Å². The highest BCUT2D eigenvalue weighted by Crippen LogP contribution is 2.20. The van der Waals surface area contributed by atoms with E-state index in [-0.39, 0.29) is 17.3 Å². The summed E-state index contributed by atoms with van der Waals surface area (Å²) in [6, 6.07) is 11.2. The second-order valence-corrected chi connectivity index (χ2v) is 8.48. The summed E-state index contributed by atoms with van der Waals surface area (Å²) in [4.78, 5) is 24.2. The molecule has 30 heavy (non-hydrogen) atoms. The predicted octanol–water partition coefficient (Wildman–Crippen LogP) is 2.86. The van der Waals surface area contributed by atoms with E-state index >= 15 is 0 Å². The lowest BCUT2D eigenvalue weighted by molar-refractivity contribution is -0.114. The molecule has 162 valence electrons. The lowest BCUT2D eigenvalue weighted by Gasteiger charge is -2.19. The Kier molecular flexibility index (Phi) is 7.96. The number of methoxy groups -OCH3 is 1. The van der Waals surface area contributed by atoms with Crippen LogP contribution in [0.25, 0.3) is 0 Å². The number of aryl methyl sites for hydroxylation is 1. The first kappa shape index (κ1) is 23.4. The second kappa shape index (κ2) is 10.2. The Bertz CT molecular complexity index is 1020. The van der Waals surface area contributed by atoms with Gasteiger partial charge in [0.2, 0.25) is 15.9 Å². The molecular weight excluding hydrogens is 406 g/mol. The third kappa shape index (κ3) is 5.58. The molecule has 2 aromatic carbocycles. The summed E-state index contributed by atoms with van der Waals surface area (Å²) in [5.41, 5.74) is 2.14. The second-order valence-electron chi connectivity index (χ2n) is 6.54. The summed E-state index contributed by atoms with van der Waals surface area (Å²) < 4.78 is 31.4. The number of hydrogen-bond donors (Lipinski definition) is 2. The highest BCUT2D eigenvalue weighted by Gasteiger charge is 2.21. The molecule has 0 fully saturated rings. The largest absolute Gasteiger partial charge is 0.465 e. The number of hydrogen-bond acceptors (Lipinski definition) is 6. The van der Waals surface area contributed by atoms with Crippen molar-refractivity contribution >= 4 is 33.3 Å². The van der Waals surface area contributed by atoms with Gasteiger partial charge in [-0.05, 0) is 42.8 Å². The first-order valence-corrected chi connectivity index (χ1v) is 11.0. The fourth-order valence-electron chi connectivity index (χ4n) is 2.86. The summed E-state index contributed by atoms with van der Waals surface area (Å²) in [5, 5.41) is 5.68. The molecule has 2 N–H and O–H groups in total. The van der Waals surface area contributed by atoms with E-state index in [1.165, 1.54) is 23.5 Å². The number of esters is 1. The van der Waals surface area contributed by atoms with Crippen molar-refractivity contribution in [3.8, 4) is 0 Å². The number of rotatable bonds is 9. The average Bonchev–Trinajstić information content (AvgIpc) is 2.74. The van der Waals surface area contributed by atoms with Crippen molar-refractivity contribution in [2.75, 3.05) is 37.4 Å². The van der Waals surface area contributed by atoms with E-state index in [9.17, 15) is 18.0 Å². The van der Waals surface area contributed by atoms with Crippen molar-refractivity contribution in [3.63, 3.8) is 0 Å². The van der Waals surface area contributed by atoms with E-state index in [1.54, 1.807) is 44.2 Å². The first-order chi connectivity index (χ1) is 14.2. The predicted molar refractivity (Wildman–Crippen MR) is 116 cm³/mol. The quantitative estimate of drug-likeness (QED) is 0.589. The summed E-state index contributed by atoms with van der Waals surface area (Å²) in [6.45, 7) is 6.06. The minimum absolute atomic E-state index is 0.0728. The smallest absolute Gasteiger partial charge is 0.337 e. The van der Waals surface area contributed by atoms with Crippen molar-refractivity contribution in [2.45, 2.75) is 25.7 Å². The van der Waals surface area contributed by atoms with Crippen molar-refractivity contribution in [3.05, 3.63) is 53.6 Å². The van der Waals surface area contributed by atoms with Gasteiger partial charge in [0.25, 0.3) is 0 Å². The standard InChI is InChI=1S/C21H27N3O5S/c1-5-24(6-2)30(27,28)18-9-7-8-17(13-18)22-14-20(25)23-19-12-16(21(26)29-4)11-10-15(19)3/h7-13,22H,5-6,14H2,1-4H3,(H,23,25). The molecule has 0 saturated heterocycles. The summed E-state index contributed by atoms with van der Waals surface area (Å²) in [7, 11) is -2.29. The van der Waals surface area contributed by atoms with Crippen LogP contribution in [0, 0.1) is 6.92 Å². The minimum Gasteiger partial charge on any atom is -0.465 e. The van der Waals surface area contributed by atoms with E-state index in [2.05, 4.69) is 10.6 Å². The van der Waals surface area contributed by atoms with Gasteiger partial charge in [-0.25, -0.2) is 13.2 Å². The molecule has 0 saturated carbocycles. The number of sulfonamides is 1. The molecule has 0 spiro atoms. The van der Waals surface area contributed by atoms with Crippen LogP contribution in [0.5, 0.6) is 0 Å². The van der Waals surface area contributed by atoms with Crippen LogP contribution in [0.15, 0.2) is 47.4 Å². The SMILES string of the molecule is CCN(CC)S(=O)(=O)c1cccc(NCC(=O)Nc2cc(C(=O)OC)ccc2C)c1. The highest BCUT2D eigenvalue weighted by atomic mass is 32.2. The van der Waals surface area contributed by atoms with Gasteiger partial charge in [0.05, 0.1) is 24.1 Å². The van der Waals surface area contributed by atoms with E-state index in [0.717, 1.165) is 5.56 Å². The van der Waals surface area contributed by atoms with E-state index < -0.39 is 16.0 Å². The van der Waals surface area contributed by atoms with Gasteiger partial charge in [0, 0.05) is 24.5 Å². The maximum atomic E-state index is 12.7. The van der Waals surface area contributed by atoms with Gasteiger partial charge in [0.1, 0.15) is 0 Å². The zero-order valence-electron chi connectivity index (χ0n) is 17.6. The number of amides is 1. The molecule has 0 radical (unpaired) electrons. The first-order valence-electron chi connectivity index (χ1n) is 9.55. The Balaban J connectivity index is 2.08. The van der Waals surface area contributed by atoms with Crippen molar-refractivity contribution in [1.29, 1.82) is 0 Å². The van der Waals surface area contributed by atoms with Gasteiger partial charge in [-0.3, -0.25) is 4.79 Å². The Labute approximate surface area is 177 Å². The van der Waals surface area contributed by atoms with E-state index in [0.29, 0.717) is 30.0 Å². The Morgan fingerprint density at radius 1 is 1.07 bits per heavy atom. The minimum atomic E-state index is -3.58. The van der Waals surface area contributed by atoms with Crippen LogP contribution >= 0.6 is 0 Å². The molecular formula is C21H27N3O5S. The molecule has 2 aromatic rings. The van der Waals surface area contributed by atoms with Crippen LogP contribution in [0.3, 0.4) is 0 Å². The lowest BCUT2D eigenvalue weighted by Crippen LogP contribution is -2.30. The molecule has 1 amide bonds. The number of nitrogens with one attached hydrogen (secondary N) is 2. The van der Waals surface area contributed by atoms with Crippen molar-refractivity contribution in [2.24, 2.45) is 0 Å². The van der Waals surface area contributed by atoms with Crippen molar-refractivity contribution in [1.82, 2.24) is 4.31 Å². The zero-order chi connectivity index (χ0) is 22.3. The van der Waals surface area contributed by atoms with Gasteiger partial charge in [-0.1, -0.05) is 26.0 Å². The van der Waals surface area contributed by atoms with Crippen LogP contribution in [-0.2, 0) is 19.6 Å². The van der Waals surface area contributed by atoms with E-state index in [1.807, 2.05) is 6.92 Å². The molecule has 0 aliphatic heterocycles. The Morgan fingerprint density at radius 2 is 1.77 bits per heavy atom. The number of carbonyl (C=O) groups is 2. The normalized spacial score (nSPS) is 11.2. The summed E-state index contributed by atoms with van der Waals surface area (Å²) in [6.07, 6.45) is 0. The van der Waals surface area contributed by atoms with Crippen molar-refractivity contribution < 1.29 is 22.7 Å². The molecule has 8 nitrogen and oxygen atoms in total. The molecule has 0 atom stereocenters. The lowest BCUT2D eigenvalue weighted by atomic mass is 10.1. The fraction of sp³-hybridized carbons (Fsp3) is 0.333. The highest BCUT2D eigenvalue weighted by molar-refractivity contribution is 7.89. The number of benzene rings is 2. The zero-order valence-corrected chi connectivity index (χ0v) is 18.4. The summed E-state index contributed by atoms with van der Waals surface area (Å²) in [5.74, 6) is -0.827. The van der Waals surface area contributed by atoms with Crippen LogP contribution < -0.4 is 10.6 Å². The van der Waals surface area contributed by atoms with Crippen LogP contribution in [-0.4, -0.2) is 51.3 Å². The molecule has 0 unspecified atom stereocenters. The number of carbonyl (C=O) groups excluding carboxylic acids is 2. The molecule has 0 aliphatic carbocycles. The third-order valence-electron chi connectivity index (χ3n) is 4.56. The topological polar surface area (TPSA) is 105 Å². The number of anilines is 2. The van der Waals surface area contributed by atoms with Crippen LogP contribution in [0.4, 0.5) is 11.4 Å². The fourth-order valence-corrected chi connectivity index (χ4v) is 4.36. The maximum Gasteiger partial charge on any atom is 0.337 e. The Morgan fingerprint density at radius 3 is 2.40 bits per heavy atom. The maximum absolute atomic E-state index is 12.7. The molecule has 0 heterocycles. The Hall–Kier alpha value is -2.91. The van der Waals surface area contributed by atoms with Crippen LogP contribution in [0.1, 0.15) is 29.8 Å². The number of ether oxygens (including phenoxy) is 1. The molecule has 2 rings (SSSR count). The molecule has 0 bridgehead atoms. The molecule has 0 aliphatic rings. The molecule has 9 heteroatoms. The molecule has 0 aromatic heterocycles. The van der Waals surface area contributed by atoms with Gasteiger partial charge in [-0.15, -0.1) is 0 Å². The average molecular weight is 434 g/mol. The van der Waals surface area contributed by atoms with Gasteiger partial charge >= 0.3 is 5.97 Å². The van der Waals surface area contributed by atoms with Gasteiger partial charge in [0.15, 0.2) is 0 Å². The monoisotopic (exact) mass is 433 g/mol. The summed E-state index contributed by atoms with van der Waals surface area (Å²) >= 11 is 0. The third-order valence-corrected chi connectivity index (χ3v) is 6.61.